The summed E-state index contributed by atoms with van der Waals surface area (Å²) in [4.78, 5) is 22.3. The molecular weight excluding hydrogens is 260 g/mol. The number of ketones is 1. The number of carboxylic acids is 1. The summed E-state index contributed by atoms with van der Waals surface area (Å²) >= 11 is 0. The van der Waals surface area contributed by atoms with E-state index >= 15 is 0 Å². The zero-order valence-electron chi connectivity index (χ0n) is 10.4. The predicted octanol–water partition coefficient (Wildman–Crippen LogP) is 2.58. The fourth-order valence-corrected chi connectivity index (χ4v) is 1.76. The number of hydrogen-bond donors (Lipinski definition) is 2. The van der Waals surface area contributed by atoms with Crippen molar-refractivity contribution in [3.05, 3.63) is 71.4 Å². The Labute approximate surface area is 114 Å². The van der Waals surface area contributed by atoms with E-state index in [-0.39, 0.29) is 5.76 Å². The van der Waals surface area contributed by atoms with E-state index in [1.807, 2.05) is 30.3 Å². The van der Waals surface area contributed by atoms with Gasteiger partial charge < -0.3 is 14.6 Å². The number of carbonyl (C=O) groups excluding carboxylic acids is 1. The number of aliphatic hydroxyl groups excluding tert-OH is 1. The van der Waals surface area contributed by atoms with Crippen molar-refractivity contribution in [1.82, 2.24) is 0 Å². The third-order valence-electron chi connectivity index (χ3n) is 2.69. The maximum Gasteiger partial charge on any atom is 0.371 e. The third kappa shape index (κ3) is 3.14. The van der Waals surface area contributed by atoms with Gasteiger partial charge in [0.1, 0.15) is 0 Å². The molecule has 0 saturated carbocycles. The smallest absolute Gasteiger partial charge is 0.371 e. The van der Waals surface area contributed by atoms with Crippen LogP contribution in [-0.4, -0.2) is 22.0 Å². The lowest BCUT2D eigenvalue weighted by Crippen LogP contribution is -2.05. The molecule has 5 nitrogen and oxygen atoms in total. The van der Waals surface area contributed by atoms with Crippen molar-refractivity contribution in [2.75, 3.05) is 0 Å². The number of carbonyl (C=O) groups is 2. The summed E-state index contributed by atoms with van der Waals surface area (Å²) in [6, 6.07) is 11.1. The number of benzene rings is 1. The largest absolute Gasteiger partial charge is 0.502 e. The van der Waals surface area contributed by atoms with Crippen molar-refractivity contribution in [3.8, 4) is 0 Å². The molecule has 1 heterocycles. The second kappa shape index (κ2) is 5.88. The van der Waals surface area contributed by atoms with Crippen LogP contribution in [0.15, 0.2) is 58.9 Å². The Morgan fingerprint density at radius 1 is 1.10 bits per heavy atom. The highest BCUT2D eigenvalue weighted by molar-refractivity contribution is 6.06. The highest BCUT2D eigenvalue weighted by atomic mass is 16.4. The molecule has 0 aliphatic carbocycles. The number of rotatable bonds is 5. The number of carboxylic acid groups (broad SMARTS) is 1. The van der Waals surface area contributed by atoms with Crippen molar-refractivity contribution in [1.29, 1.82) is 0 Å². The lowest BCUT2D eigenvalue weighted by Gasteiger charge is -2.00. The van der Waals surface area contributed by atoms with Gasteiger partial charge in [-0.1, -0.05) is 30.3 Å². The lowest BCUT2D eigenvalue weighted by atomic mass is 10.0. The first-order valence-corrected chi connectivity index (χ1v) is 5.86. The van der Waals surface area contributed by atoms with Crippen LogP contribution in [0.25, 0.3) is 0 Å². The quantitative estimate of drug-likeness (QED) is 0.496. The summed E-state index contributed by atoms with van der Waals surface area (Å²) in [6.45, 7) is 0. The van der Waals surface area contributed by atoms with Gasteiger partial charge in [-0.15, -0.1) is 0 Å². The van der Waals surface area contributed by atoms with Gasteiger partial charge in [0.25, 0.3) is 0 Å². The second-order valence-electron chi connectivity index (χ2n) is 4.14. The van der Waals surface area contributed by atoms with E-state index in [9.17, 15) is 9.59 Å². The van der Waals surface area contributed by atoms with Gasteiger partial charge in [0.15, 0.2) is 5.76 Å². The fraction of sp³-hybridized carbons (Fsp3) is 0.0667. The lowest BCUT2D eigenvalue weighted by molar-refractivity contribution is -0.135. The van der Waals surface area contributed by atoms with E-state index in [0.29, 0.717) is 18.1 Å². The van der Waals surface area contributed by atoms with Crippen LogP contribution in [0.4, 0.5) is 0 Å². The molecular formula is C15H12O5. The standard InChI is InChI=1S/C15H12O5/c16-12(9-13(17)15(18)19)14-11(6-7-20-14)8-10-4-2-1-3-5-10/h1-7,9,17H,8H2,(H,18,19). The van der Waals surface area contributed by atoms with Crippen LogP contribution in [0.3, 0.4) is 0 Å². The number of furan rings is 1. The molecule has 0 amide bonds. The summed E-state index contributed by atoms with van der Waals surface area (Å²) < 4.78 is 5.08. The number of aliphatic carboxylic acids is 1. The van der Waals surface area contributed by atoms with Gasteiger partial charge in [0, 0.05) is 18.1 Å². The van der Waals surface area contributed by atoms with Crippen LogP contribution in [0.2, 0.25) is 0 Å². The molecule has 0 fully saturated rings. The second-order valence-corrected chi connectivity index (χ2v) is 4.14. The van der Waals surface area contributed by atoms with Crippen LogP contribution >= 0.6 is 0 Å². The molecule has 0 atom stereocenters. The fourth-order valence-electron chi connectivity index (χ4n) is 1.76. The Balaban J connectivity index is 2.23. The van der Waals surface area contributed by atoms with Crippen molar-refractivity contribution in [2.24, 2.45) is 0 Å². The van der Waals surface area contributed by atoms with E-state index in [2.05, 4.69) is 0 Å². The highest BCUT2D eigenvalue weighted by Gasteiger charge is 2.16. The topological polar surface area (TPSA) is 87.7 Å². The molecule has 2 rings (SSSR count). The molecule has 0 aliphatic rings. The zero-order chi connectivity index (χ0) is 14.5. The van der Waals surface area contributed by atoms with Gasteiger partial charge in [-0.3, -0.25) is 4.79 Å². The summed E-state index contributed by atoms with van der Waals surface area (Å²) in [6.07, 6.45) is 2.48. The maximum absolute atomic E-state index is 11.8. The molecule has 0 radical (unpaired) electrons. The SMILES string of the molecule is O=C(O)C(O)=CC(=O)c1occc1Cc1ccccc1. The van der Waals surface area contributed by atoms with Crippen LogP contribution in [0, 0.1) is 0 Å². The summed E-state index contributed by atoms with van der Waals surface area (Å²) in [5.74, 6) is -3.23. The maximum atomic E-state index is 11.8. The molecule has 2 N–H and O–H groups in total. The first kappa shape index (κ1) is 13.6. The van der Waals surface area contributed by atoms with Gasteiger partial charge in [-0.05, 0) is 11.6 Å². The van der Waals surface area contributed by atoms with E-state index in [1.54, 1.807) is 6.07 Å². The minimum atomic E-state index is -1.56. The first-order chi connectivity index (χ1) is 9.58. The molecule has 0 spiro atoms. The Morgan fingerprint density at radius 3 is 2.45 bits per heavy atom. The number of aliphatic hydroxyl groups is 1. The number of allylic oxidation sites excluding steroid dienone is 1. The normalized spacial score (nSPS) is 11.3. The van der Waals surface area contributed by atoms with E-state index in [0.717, 1.165) is 5.56 Å². The Kier molecular flexibility index (Phi) is 4.00. The molecule has 5 heteroatoms. The molecule has 1 aromatic carbocycles. The molecule has 0 unspecified atom stereocenters. The predicted molar refractivity (Wildman–Crippen MR) is 70.6 cm³/mol. The first-order valence-electron chi connectivity index (χ1n) is 5.86. The number of hydrogen-bond acceptors (Lipinski definition) is 4. The summed E-state index contributed by atoms with van der Waals surface area (Å²) in [5, 5.41) is 17.6. The van der Waals surface area contributed by atoms with E-state index in [1.165, 1.54) is 6.26 Å². The van der Waals surface area contributed by atoms with Gasteiger partial charge in [0.05, 0.1) is 6.26 Å². The van der Waals surface area contributed by atoms with Gasteiger partial charge in [-0.2, -0.15) is 0 Å². The zero-order valence-corrected chi connectivity index (χ0v) is 10.4. The Hall–Kier alpha value is -2.82. The van der Waals surface area contributed by atoms with E-state index < -0.39 is 17.5 Å². The third-order valence-corrected chi connectivity index (χ3v) is 2.69. The summed E-state index contributed by atoms with van der Waals surface area (Å²) in [7, 11) is 0. The highest BCUT2D eigenvalue weighted by Crippen LogP contribution is 2.17. The molecule has 1 aromatic heterocycles. The molecule has 20 heavy (non-hydrogen) atoms. The van der Waals surface area contributed by atoms with Crippen LogP contribution in [0.1, 0.15) is 21.7 Å². The molecule has 0 bridgehead atoms. The van der Waals surface area contributed by atoms with Gasteiger partial charge >= 0.3 is 5.97 Å². The molecule has 2 aromatic rings. The van der Waals surface area contributed by atoms with Gasteiger partial charge in [-0.25, -0.2) is 4.79 Å². The van der Waals surface area contributed by atoms with Crippen molar-refractivity contribution >= 4 is 11.8 Å². The van der Waals surface area contributed by atoms with Crippen molar-refractivity contribution < 1.29 is 24.2 Å². The summed E-state index contributed by atoms with van der Waals surface area (Å²) in [5.41, 5.74) is 1.63. The Bertz CT molecular complexity index is 652. The molecule has 0 aliphatic heterocycles. The minimum Gasteiger partial charge on any atom is -0.502 e. The van der Waals surface area contributed by atoms with Crippen LogP contribution in [0.5, 0.6) is 0 Å². The monoisotopic (exact) mass is 272 g/mol. The minimum absolute atomic E-state index is 0.0293. The molecule has 0 saturated heterocycles. The van der Waals surface area contributed by atoms with Crippen molar-refractivity contribution in [3.63, 3.8) is 0 Å². The molecule has 102 valence electrons. The van der Waals surface area contributed by atoms with Gasteiger partial charge in [0.2, 0.25) is 11.5 Å². The Morgan fingerprint density at radius 2 is 1.80 bits per heavy atom. The van der Waals surface area contributed by atoms with Crippen molar-refractivity contribution in [2.45, 2.75) is 6.42 Å². The average molecular weight is 272 g/mol. The average Bonchev–Trinajstić information content (AvgIpc) is 2.88. The van der Waals surface area contributed by atoms with E-state index in [4.69, 9.17) is 14.6 Å². The van der Waals surface area contributed by atoms with Crippen LogP contribution in [-0.2, 0) is 11.2 Å². The van der Waals surface area contributed by atoms with Crippen LogP contribution < -0.4 is 0 Å².